The molecule has 0 aromatic carbocycles. The standard InChI is InChI=1S/C52H95O12P/c1-3-5-7-9-11-13-15-17-19-20-21-22-23-24-25-26-27-28-30-32-34-36-38-40-42-61-43-45(44-62-65(59,60)64-52-50(57)48(55)47(54)49(56)51(52)58)63-46(53)41-39-37-35-33-31-29-18-16-14-12-10-8-6-4-2/h10,12,15-18,20-21,45,47-52,54-58H,3-9,11,13-14,19,22-44H2,1-2H3,(H,59,60)/b12-10-,17-15-,18-16-,21-20-. The zero-order valence-electron chi connectivity index (χ0n) is 40.8. The molecule has 0 spiro atoms. The van der Waals surface area contributed by atoms with Crippen LogP contribution in [0.1, 0.15) is 213 Å². The monoisotopic (exact) mass is 943 g/mol. The minimum Gasteiger partial charge on any atom is -0.457 e. The van der Waals surface area contributed by atoms with Crippen molar-refractivity contribution in [2.75, 3.05) is 19.8 Å². The second-order valence-electron chi connectivity index (χ2n) is 18.0. The van der Waals surface area contributed by atoms with Gasteiger partial charge in [-0.25, -0.2) is 4.57 Å². The predicted octanol–water partition coefficient (Wildman–Crippen LogP) is 11.6. The van der Waals surface area contributed by atoms with Gasteiger partial charge in [-0.05, 0) is 70.6 Å². The van der Waals surface area contributed by atoms with Crippen molar-refractivity contribution in [1.82, 2.24) is 0 Å². The van der Waals surface area contributed by atoms with E-state index in [1.807, 2.05) is 0 Å². The number of phosphoric acid groups is 1. The van der Waals surface area contributed by atoms with Crippen LogP contribution in [-0.4, -0.2) is 98.9 Å². The van der Waals surface area contributed by atoms with Crippen molar-refractivity contribution in [1.29, 1.82) is 0 Å². The number of hydrogen-bond donors (Lipinski definition) is 6. The average Bonchev–Trinajstić information content (AvgIpc) is 3.29. The van der Waals surface area contributed by atoms with Crippen molar-refractivity contribution in [3.63, 3.8) is 0 Å². The van der Waals surface area contributed by atoms with Crippen molar-refractivity contribution in [2.24, 2.45) is 0 Å². The van der Waals surface area contributed by atoms with Crippen molar-refractivity contribution in [3.8, 4) is 0 Å². The number of allylic oxidation sites excluding steroid dienone is 8. The van der Waals surface area contributed by atoms with Crippen LogP contribution in [0.2, 0.25) is 0 Å². The van der Waals surface area contributed by atoms with Crippen LogP contribution >= 0.6 is 7.82 Å². The van der Waals surface area contributed by atoms with Gasteiger partial charge in [-0.3, -0.25) is 13.8 Å². The third-order valence-electron chi connectivity index (χ3n) is 11.9. The maximum atomic E-state index is 12.8. The number of ether oxygens (including phenoxy) is 2. The molecular formula is C52H95O12P. The summed E-state index contributed by atoms with van der Waals surface area (Å²) in [6.45, 7) is 4.20. The van der Waals surface area contributed by atoms with Crippen molar-refractivity contribution < 1.29 is 58.3 Å². The fourth-order valence-corrected chi connectivity index (χ4v) is 8.73. The Kier molecular flexibility index (Phi) is 40.0. The lowest BCUT2D eigenvalue weighted by atomic mass is 9.85. The molecule has 1 aliphatic rings. The van der Waals surface area contributed by atoms with Crippen LogP contribution in [0, 0.1) is 0 Å². The number of carbonyl (C=O) groups is 1. The Hall–Kier alpha value is -1.70. The van der Waals surface area contributed by atoms with E-state index < -0.39 is 63.1 Å². The van der Waals surface area contributed by atoms with E-state index in [0.29, 0.717) is 13.0 Å². The molecule has 12 nitrogen and oxygen atoms in total. The maximum Gasteiger partial charge on any atom is 0.472 e. The molecule has 0 heterocycles. The van der Waals surface area contributed by atoms with Gasteiger partial charge < -0.3 is 39.9 Å². The number of phosphoric ester groups is 1. The van der Waals surface area contributed by atoms with Gasteiger partial charge in [0.1, 0.15) is 42.7 Å². The zero-order valence-corrected chi connectivity index (χ0v) is 41.7. The molecule has 0 bridgehead atoms. The van der Waals surface area contributed by atoms with Gasteiger partial charge in [-0.2, -0.15) is 0 Å². The Balaban J connectivity index is 2.30. The summed E-state index contributed by atoms with van der Waals surface area (Å²) in [6.07, 6.45) is 40.4. The minimum atomic E-state index is -5.03. The quantitative estimate of drug-likeness (QED) is 0.0147. The maximum absolute atomic E-state index is 12.8. The number of aliphatic hydroxyl groups excluding tert-OH is 5. The average molecular weight is 943 g/mol. The van der Waals surface area contributed by atoms with Gasteiger partial charge in [0, 0.05) is 13.0 Å². The largest absolute Gasteiger partial charge is 0.472 e. The lowest BCUT2D eigenvalue weighted by molar-refractivity contribution is -0.220. The molecule has 1 saturated carbocycles. The predicted molar refractivity (Wildman–Crippen MR) is 262 cm³/mol. The van der Waals surface area contributed by atoms with Crippen LogP contribution in [0.4, 0.5) is 0 Å². The summed E-state index contributed by atoms with van der Waals surface area (Å²) in [5.41, 5.74) is 0. The lowest BCUT2D eigenvalue weighted by Gasteiger charge is -2.41. The van der Waals surface area contributed by atoms with E-state index in [9.17, 15) is 39.8 Å². The van der Waals surface area contributed by atoms with Gasteiger partial charge >= 0.3 is 13.8 Å². The first kappa shape index (κ1) is 61.3. The first-order chi connectivity index (χ1) is 31.5. The van der Waals surface area contributed by atoms with Gasteiger partial charge in [0.15, 0.2) is 0 Å². The summed E-state index contributed by atoms with van der Waals surface area (Å²) in [5, 5.41) is 50.3. The fraction of sp³-hybridized carbons (Fsp3) is 0.827. The van der Waals surface area contributed by atoms with Gasteiger partial charge in [-0.15, -0.1) is 0 Å². The number of rotatable bonds is 44. The van der Waals surface area contributed by atoms with Crippen LogP contribution < -0.4 is 0 Å². The second-order valence-corrected chi connectivity index (χ2v) is 19.4. The highest BCUT2D eigenvalue weighted by Crippen LogP contribution is 2.47. The smallest absolute Gasteiger partial charge is 0.457 e. The lowest BCUT2D eigenvalue weighted by Crippen LogP contribution is -2.64. The summed E-state index contributed by atoms with van der Waals surface area (Å²) in [5.74, 6) is -0.491. The van der Waals surface area contributed by atoms with Crippen LogP contribution in [0.5, 0.6) is 0 Å². The van der Waals surface area contributed by atoms with Gasteiger partial charge in [-0.1, -0.05) is 184 Å². The van der Waals surface area contributed by atoms with E-state index in [2.05, 4.69) is 62.5 Å². The summed E-state index contributed by atoms with van der Waals surface area (Å²) in [7, 11) is -5.03. The molecule has 6 atom stereocenters. The van der Waals surface area contributed by atoms with E-state index in [4.69, 9.17) is 18.5 Å². The highest BCUT2D eigenvalue weighted by atomic mass is 31.2. The third kappa shape index (κ3) is 34.3. The number of hydrogen-bond acceptors (Lipinski definition) is 11. The number of esters is 1. The Labute approximate surface area is 395 Å². The summed E-state index contributed by atoms with van der Waals surface area (Å²) in [6, 6.07) is 0. The van der Waals surface area contributed by atoms with Crippen LogP contribution in [0.3, 0.4) is 0 Å². The summed E-state index contributed by atoms with van der Waals surface area (Å²) < 4.78 is 34.3. The molecule has 65 heavy (non-hydrogen) atoms. The normalized spacial score (nSPS) is 21.9. The van der Waals surface area contributed by atoms with E-state index >= 15 is 0 Å². The van der Waals surface area contributed by atoms with E-state index in [0.717, 1.165) is 70.6 Å². The molecule has 6 N–H and O–H groups in total. The topological polar surface area (TPSA) is 192 Å². The first-order valence-corrected chi connectivity index (χ1v) is 27.5. The second kappa shape index (κ2) is 42.4. The first-order valence-electron chi connectivity index (χ1n) is 26.0. The van der Waals surface area contributed by atoms with Crippen LogP contribution in [0.15, 0.2) is 48.6 Å². The van der Waals surface area contributed by atoms with Crippen molar-refractivity contribution >= 4 is 13.8 Å². The van der Waals surface area contributed by atoms with E-state index in [-0.39, 0.29) is 13.0 Å². The molecule has 13 heteroatoms. The van der Waals surface area contributed by atoms with Crippen molar-refractivity contribution in [3.05, 3.63) is 48.6 Å². The molecule has 0 aromatic heterocycles. The highest BCUT2D eigenvalue weighted by Gasteiger charge is 2.51. The van der Waals surface area contributed by atoms with Crippen molar-refractivity contribution in [2.45, 2.75) is 256 Å². The minimum absolute atomic E-state index is 0.0836. The molecule has 0 radical (unpaired) electrons. The molecule has 0 saturated heterocycles. The molecule has 0 aliphatic heterocycles. The van der Waals surface area contributed by atoms with Gasteiger partial charge in [0.2, 0.25) is 0 Å². The number of aliphatic hydroxyl groups is 5. The Morgan fingerprint density at radius 3 is 1.34 bits per heavy atom. The highest BCUT2D eigenvalue weighted by molar-refractivity contribution is 7.47. The Morgan fingerprint density at radius 1 is 0.492 bits per heavy atom. The number of carbonyl (C=O) groups excluding carboxylic acids is 1. The van der Waals surface area contributed by atoms with E-state index in [1.54, 1.807) is 0 Å². The Bertz CT molecular complexity index is 1260. The van der Waals surface area contributed by atoms with E-state index in [1.165, 1.54) is 116 Å². The number of unbranched alkanes of at least 4 members (excludes halogenated alkanes) is 24. The van der Waals surface area contributed by atoms with Gasteiger partial charge in [0.05, 0.1) is 13.2 Å². The fourth-order valence-electron chi connectivity index (χ4n) is 7.76. The summed E-state index contributed by atoms with van der Waals surface area (Å²) in [4.78, 5) is 23.2. The third-order valence-corrected chi connectivity index (χ3v) is 12.9. The van der Waals surface area contributed by atoms with Crippen LogP contribution in [0.25, 0.3) is 0 Å². The molecule has 1 fully saturated rings. The Morgan fingerprint density at radius 2 is 0.877 bits per heavy atom. The van der Waals surface area contributed by atoms with Gasteiger partial charge in [0.25, 0.3) is 0 Å². The molecule has 1 aliphatic carbocycles. The summed E-state index contributed by atoms with van der Waals surface area (Å²) >= 11 is 0. The molecule has 380 valence electrons. The molecular weight excluding hydrogens is 848 g/mol. The molecule has 6 unspecified atom stereocenters. The van der Waals surface area contributed by atoms with Crippen LogP contribution in [-0.2, 0) is 27.9 Å². The molecule has 0 aromatic rings. The molecule has 0 amide bonds. The SMILES string of the molecule is CCCC/C=C\C/C=C\CCCCCCCC(=O)OC(COCCCCCCCCCCCCCC/C=C\C/C=C\CCCCCCC)COP(=O)(O)OC1C(O)C(O)C(O)C(O)C1O. The molecule has 1 rings (SSSR count). The zero-order chi connectivity index (χ0) is 47.6.